The molecule has 8 nitrogen and oxygen atoms in total. The molecule has 0 aliphatic heterocycles. The summed E-state index contributed by atoms with van der Waals surface area (Å²) in [4.78, 5) is 37.7. The van der Waals surface area contributed by atoms with E-state index in [2.05, 4.69) is 5.32 Å². The zero-order chi connectivity index (χ0) is 23.0. The number of para-hydroxylation sites is 1. The van der Waals surface area contributed by atoms with Gasteiger partial charge >= 0.3 is 11.9 Å². The molecule has 162 valence electrons. The highest BCUT2D eigenvalue weighted by atomic mass is 32.1. The first-order chi connectivity index (χ1) is 14.9. The number of carbonyl (C=O) groups is 3. The van der Waals surface area contributed by atoms with E-state index in [1.165, 1.54) is 13.2 Å². The number of nitriles is 1. The summed E-state index contributed by atoms with van der Waals surface area (Å²) in [7, 11) is 1.48. The summed E-state index contributed by atoms with van der Waals surface area (Å²) in [6, 6.07) is 8.75. The van der Waals surface area contributed by atoms with Gasteiger partial charge in [-0.1, -0.05) is 18.2 Å². The monoisotopic (exact) mass is 442 g/mol. The van der Waals surface area contributed by atoms with Crippen LogP contribution in [0.4, 0.5) is 5.00 Å². The van der Waals surface area contributed by atoms with Gasteiger partial charge in [-0.2, -0.15) is 5.26 Å². The smallest absolute Gasteiger partial charge is 0.348 e. The second-order valence-electron chi connectivity index (χ2n) is 6.07. The van der Waals surface area contributed by atoms with Crippen LogP contribution in [0.15, 0.2) is 29.8 Å². The summed E-state index contributed by atoms with van der Waals surface area (Å²) in [5.41, 5.74) is 0.724. The Morgan fingerprint density at radius 3 is 2.39 bits per heavy atom. The maximum atomic E-state index is 12.8. The van der Waals surface area contributed by atoms with E-state index in [0.717, 1.165) is 11.3 Å². The van der Waals surface area contributed by atoms with Gasteiger partial charge in [-0.05, 0) is 38.5 Å². The molecule has 2 rings (SSSR count). The number of thiophene rings is 1. The first-order valence-electron chi connectivity index (χ1n) is 9.41. The third-order valence-corrected chi connectivity index (χ3v) is 5.31. The predicted molar refractivity (Wildman–Crippen MR) is 116 cm³/mol. The largest absolute Gasteiger partial charge is 0.496 e. The molecule has 1 amide bonds. The fourth-order valence-electron chi connectivity index (χ4n) is 2.70. The number of nitrogens with zero attached hydrogens (tertiary/aromatic N) is 1. The van der Waals surface area contributed by atoms with Gasteiger partial charge in [0.15, 0.2) is 0 Å². The topological polar surface area (TPSA) is 115 Å². The summed E-state index contributed by atoms with van der Waals surface area (Å²) in [5, 5.41) is 12.2. The maximum Gasteiger partial charge on any atom is 0.348 e. The Morgan fingerprint density at radius 1 is 1.13 bits per heavy atom. The average molecular weight is 442 g/mol. The van der Waals surface area contributed by atoms with Crippen LogP contribution in [0.1, 0.15) is 45.0 Å². The van der Waals surface area contributed by atoms with Gasteiger partial charge in [0.1, 0.15) is 27.3 Å². The zero-order valence-corrected chi connectivity index (χ0v) is 18.4. The number of nitrogens with one attached hydrogen (secondary N) is 1. The Balaban J connectivity index is 2.45. The van der Waals surface area contributed by atoms with Gasteiger partial charge in [0, 0.05) is 5.56 Å². The van der Waals surface area contributed by atoms with Crippen molar-refractivity contribution in [3.63, 3.8) is 0 Å². The molecular formula is C22H22N2O6S. The first kappa shape index (κ1) is 23.6. The minimum absolute atomic E-state index is 0.0536. The standard InChI is InChI=1S/C22H22N2O6S/c1-5-29-21(26)17-13(3)18(22(27)30-6-2)31-20(17)24-19(25)15(12-23)11-14-9-7-8-10-16(14)28-4/h7-11H,5-6H2,1-4H3,(H,24,25). The van der Waals surface area contributed by atoms with Crippen molar-refractivity contribution in [3.8, 4) is 11.8 Å². The highest BCUT2D eigenvalue weighted by Gasteiger charge is 2.28. The fraction of sp³-hybridized carbons (Fsp3) is 0.273. The normalized spacial score (nSPS) is 10.7. The summed E-state index contributed by atoms with van der Waals surface area (Å²) < 4.78 is 15.3. The van der Waals surface area contributed by atoms with Crippen LogP contribution in [-0.2, 0) is 14.3 Å². The number of benzene rings is 1. The Labute approximate surface area is 184 Å². The molecule has 1 N–H and O–H groups in total. The summed E-state index contributed by atoms with van der Waals surface area (Å²) in [6.45, 7) is 5.16. The molecule has 1 aromatic heterocycles. The van der Waals surface area contributed by atoms with Gasteiger partial charge in [-0.3, -0.25) is 4.79 Å². The molecule has 0 saturated carbocycles. The second kappa shape index (κ2) is 10.9. The maximum absolute atomic E-state index is 12.8. The molecule has 0 aliphatic rings. The van der Waals surface area contributed by atoms with E-state index < -0.39 is 17.8 Å². The number of carbonyl (C=O) groups excluding carboxylic acids is 3. The number of methoxy groups -OCH3 is 1. The molecule has 0 radical (unpaired) electrons. The summed E-state index contributed by atoms with van der Waals surface area (Å²) in [5.74, 6) is -1.54. The Bertz CT molecular complexity index is 1060. The van der Waals surface area contributed by atoms with Crippen LogP contribution < -0.4 is 10.1 Å². The van der Waals surface area contributed by atoms with Gasteiger partial charge in [-0.25, -0.2) is 9.59 Å². The molecular weight excluding hydrogens is 420 g/mol. The summed E-state index contributed by atoms with van der Waals surface area (Å²) in [6.07, 6.45) is 1.38. The molecule has 9 heteroatoms. The van der Waals surface area contributed by atoms with E-state index in [4.69, 9.17) is 14.2 Å². The Kier molecular flexibility index (Phi) is 8.34. The van der Waals surface area contributed by atoms with Gasteiger partial charge in [0.25, 0.3) is 5.91 Å². The molecule has 0 aliphatic carbocycles. The van der Waals surface area contributed by atoms with Crippen molar-refractivity contribution in [3.05, 3.63) is 51.4 Å². The SMILES string of the molecule is CCOC(=O)c1sc(NC(=O)C(C#N)=Cc2ccccc2OC)c(C(=O)OCC)c1C. The quantitative estimate of drug-likeness (QED) is 0.374. The van der Waals surface area contributed by atoms with Crippen molar-refractivity contribution in [2.24, 2.45) is 0 Å². The second-order valence-corrected chi connectivity index (χ2v) is 7.09. The number of hydrogen-bond donors (Lipinski definition) is 1. The highest BCUT2D eigenvalue weighted by Crippen LogP contribution is 2.34. The lowest BCUT2D eigenvalue weighted by atomic mass is 10.1. The molecule has 0 bridgehead atoms. The predicted octanol–water partition coefficient (Wildman–Crippen LogP) is 3.96. The molecule has 2 aromatic rings. The molecule has 0 fully saturated rings. The average Bonchev–Trinajstić information content (AvgIpc) is 3.08. The van der Waals surface area contributed by atoms with Crippen LogP contribution in [0.2, 0.25) is 0 Å². The van der Waals surface area contributed by atoms with E-state index in [1.807, 2.05) is 6.07 Å². The van der Waals surface area contributed by atoms with Crippen molar-refractivity contribution in [1.82, 2.24) is 0 Å². The van der Waals surface area contributed by atoms with Crippen LogP contribution in [0.3, 0.4) is 0 Å². The number of amides is 1. The molecule has 0 spiro atoms. The van der Waals surface area contributed by atoms with E-state index in [0.29, 0.717) is 16.9 Å². The van der Waals surface area contributed by atoms with Crippen LogP contribution in [0.5, 0.6) is 5.75 Å². The lowest BCUT2D eigenvalue weighted by Gasteiger charge is -2.07. The number of hydrogen-bond acceptors (Lipinski definition) is 8. The van der Waals surface area contributed by atoms with Crippen molar-refractivity contribution in [2.45, 2.75) is 20.8 Å². The number of ether oxygens (including phenoxy) is 3. The molecule has 0 unspecified atom stereocenters. The van der Waals surface area contributed by atoms with Crippen LogP contribution in [-0.4, -0.2) is 38.2 Å². The van der Waals surface area contributed by atoms with Crippen molar-refractivity contribution in [2.75, 3.05) is 25.6 Å². The fourth-order valence-corrected chi connectivity index (χ4v) is 3.79. The highest BCUT2D eigenvalue weighted by molar-refractivity contribution is 7.18. The minimum Gasteiger partial charge on any atom is -0.496 e. The van der Waals surface area contributed by atoms with E-state index in [1.54, 1.807) is 45.0 Å². The molecule has 0 atom stereocenters. The molecule has 1 aromatic carbocycles. The lowest BCUT2D eigenvalue weighted by molar-refractivity contribution is -0.112. The van der Waals surface area contributed by atoms with Crippen LogP contribution in [0, 0.1) is 18.3 Å². The van der Waals surface area contributed by atoms with Crippen LogP contribution in [0.25, 0.3) is 6.08 Å². The zero-order valence-electron chi connectivity index (χ0n) is 17.6. The van der Waals surface area contributed by atoms with E-state index in [9.17, 15) is 19.6 Å². The lowest BCUT2D eigenvalue weighted by Crippen LogP contribution is -2.16. The minimum atomic E-state index is -0.740. The van der Waals surface area contributed by atoms with Crippen molar-refractivity contribution >= 4 is 40.3 Å². The molecule has 1 heterocycles. The summed E-state index contributed by atoms with van der Waals surface area (Å²) >= 11 is 0.890. The number of esters is 2. The molecule has 31 heavy (non-hydrogen) atoms. The van der Waals surface area contributed by atoms with Crippen LogP contribution >= 0.6 is 11.3 Å². The van der Waals surface area contributed by atoms with Gasteiger partial charge in [0.05, 0.1) is 25.9 Å². The Morgan fingerprint density at radius 2 is 1.77 bits per heavy atom. The van der Waals surface area contributed by atoms with Gasteiger partial charge in [0.2, 0.25) is 0 Å². The third kappa shape index (κ3) is 5.49. The number of anilines is 1. The Hall–Kier alpha value is -3.64. The van der Waals surface area contributed by atoms with E-state index >= 15 is 0 Å². The van der Waals surface area contributed by atoms with Crippen molar-refractivity contribution in [1.29, 1.82) is 5.26 Å². The van der Waals surface area contributed by atoms with Crippen molar-refractivity contribution < 1.29 is 28.6 Å². The van der Waals surface area contributed by atoms with E-state index in [-0.39, 0.29) is 34.2 Å². The third-order valence-electron chi connectivity index (χ3n) is 4.12. The molecule has 0 saturated heterocycles. The van der Waals surface area contributed by atoms with Gasteiger partial charge < -0.3 is 19.5 Å². The number of rotatable bonds is 8. The van der Waals surface area contributed by atoms with Gasteiger partial charge in [-0.15, -0.1) is 11.3 Å². The first-order valence-corrected chi connectivity index (χ1v) is 10.2.